The SMILES string of the molecule is COC(=O)c1ccc(N2COc3ccc4c5c(c(=O)oc4c3C2)CCCC5)cc1. The average Bonchev–Trinajstić information content (AvgIpc) is 2.78. The molecule has 0 saturated heterocycles. The minimum absolute atomic E-state index is 0.222. The van der Waals surface area contributed by atoms with E-state index in [0.717, 1.165) is 59.2 Å². The Morgan fingerprint density at radius 3 is 2.52 bits per heavy atom. The van der Waals surface area contributed by atoms with Crippen molar-refractivity contribution in [2.45, 2.75) is 32.2 Å². The third-order valence-electron chi connectivity index (χ3n) is 5.83. The van der Waals surface area contributed by atoms with Crippen LogP contribution in [0.15, 0.2) is 45.6 Å². The first-order valence-electron chi connectivity index (χ1n) is 9.82. The van der Waals surface area contributed by atoms with Gasteiger partial charge in [0.2, 0.25) is 0 Å². The zero-order valence-electron chi connectivity index (χ0n) is 16.2. The van der Waals surface area contributed by atoms with Crippen LogP contribution in [0, 0.1) is 0 Å². The third-order valence-corrected chi connectivity index (χ3v) is 5.83. The quantitative estimate of drug-likeness (QED) is 0.489. The van der Waals surface area contributed by atoms with Crippen LogP contribution in [0.2, 0.25) is 0 Å². The molecule has 0 N–H and O–H groups in total. The van der Waals surface area contributed by atoms with E-state index in [1.54, 1.807) is 12.1 Å². The van der Waals surface area contributed by atoms with Crippen molar-refractivity contribution in [1.29, 1.82) is 0 Å². The molecule has 1 aliphatic heterocycles. The lowest BCUT2D eigenvalue weighted by Crippen LogP contribution is -2.32. The van der Waals surface area contributed by atoms with Crippen LogP contribution in [0.1, 0.15) is 39.9 Å². The van der Waals surface area contributed by atoms with Gasteiger partial charge in [-0.2, -0.15) is 0 Å². The summed E-state index contributed by atoms with van der Waals surface area (Å²) in [5.74, 6) is 0.383. The van der Waals surface area contributed by atoms with Gasteiger partial charge in [0.05, 0.1) is 24.8 Å². The number of fused-ring (bicyclic) bond motifs is 5. The molecule has 2 aliphatic rings. The van der Waals surface area contributed by atoms with Gasteiger partial charge in [-0.3, -0.25) is 0 Å². The number of carbonyl (C=O) groups is 1. The van der Waals surface area contributed by atoms with Crippen molar-refractivity contribution >= 4 is 22.6 Å². The van der Waals surface area contributed by atoms with E-state index in [4.69, 9.17) is 13.9 Å². The lowest BCUT2D eigenvalue weighted by Gasteiger charge is -2.31. The van der Waals surface area contributed by atoms with Gasteiger partial charge in [0.15, 0.2) is 6.73 Å². The molecule has 1 aliphatic carbocycles. The number of anilines is 1. The number of aryl methyl sites for hydroxylation is 1. The molecule has 29 heavy (non-hydrogen) atoms. The van der Waals surface area contributed by atoms with E-state index in [2.05, 4.69) is 0 Å². The van der Waals surface area contributed by atoms with Gasteiger partial charge in [-0.05, 0) is 67.6 Å². The molecule has 0 unspecified atom stereocenters. The molecule has 6 heteroatoms. The second-order valence-electron chi connectivity index (χ2n) is 7.48. The highest BCUT2D eigenvalue weighted by Crippen LogP contribution is 2.36. The summed E-state index contributed by atoms with van der Waals surface area (Å²) in [6.07, 6.45) is 3.83. The zero-order chi connectivity index (χ0) is 20.0. The lowest BCUT2D eigenvalue weighted by atomic mass is 9.90. The average molecular weight is 391 g/mol. The van der Waals surface area contributed by atoms with Crippen LogP contribution in [0.3, 0.4) is 0 Å². The zero-order valence-corrected chi connectivity index (χ0v) is 16.2. The summed E-state index contributed by atoms with van der Waals surface area (Å²) in [5, 5.41) is 1.02. The van der Waals surface area contributed by atoms with Crippen LogP contribution in [0.25, 0.3) is 11.0 Å². The second-order valence-corrected chi connectivity index (χ2v) is 7.48. The molecule has 0 saturated carbocycles. The van der Waals surface area contributed by atoms with Crippen molar-refractivity contribution in [3.8, 4) is 5.75 Å². The van der Waals surface area contributed by atoms with Crippen molar-refractivity contribution in [3.05, 3.63) is 69.1 Å². The first-order valence-corrected chi connectivity index (χ1v) is 9.82. The normalized spacial score (nSPS) is 15.4. The number of rotatable bonds is 2. The van der Waals surface area contributed by atoms with E-state index in [1.807, 2.05) is 29.2 Å². The highest BCUT2D eigenvalue weighted by Gasteiger charge is 2.25. The molecule has 2 heterocycles. The van der Waals surface area contributed by atoms with Crippen LogP contribution < -0.4 is 15.3 Å². The Bertz CT molecular complexity index is 1160. The number of benzene rings is 2. The van der Waals surface area contributed by atoms with Crippen molar-refractivity contribution in [2.24, 2.45) is 0 Å². The fraction of sp³-hybridized carbons (Fsp3) is 0.304. The maximum Gasteiger partial charge on any atom is 0.339 e. The van der Waals surface area contributed by atoms with Crippen molar-refractivity contribution in [3.63, 3.8) is 0 Å². The van der Waals surface area contributed by atoms with Crippen LogP contribution in [0.4, 0.5) is 5.69 Å². The molecule has 0 spiro atoms. The largest absolute Gasteiger partial charge is 0.473 e. The third kappa shape index (κ3) is 2.95. The number of hydrogen-bond donors (Lipinski definition) is 0. The topological polar surface area (TPSA) is 69.0 Å². The fourth-order valence-electron chi connectivity index (χ4n) is 4.31. The molecule has 0 bridgehead atoms. The van der Waals surface area contributed by atoms with Gasteiger partial charge in [-0.15, -0.1) is 0 Å². The molecular formula is C23H21NO5. The monoisotopic (exact) mass is 391 g/mol. The number of esters is 1. The summed E-state index contributed by atoms with van der Waals surface area (Å²) in [6, 6.07) is 11.2. The Labute approximate surface area is 167 Å². The van der Waals surface area contributed by atoms with Crippen LogP contribution >= 0.6 is 0 Å². The van der Waals surface area contributed by atoms with Crippen molar-refractivity contribution in [2.75, 3.05) is 18.7 Å². The highest BCUT2D eigenvalue weighted by molar-refractivity contribution is 5.90. The Kier molecular flexibility index (Phi) is 4.27. The number of ether oxygens (including phenoxy) is 2. The first-order chi connectivity index (χ1) is 14.2. The number of carbonyl (C=O) groups excluding carboxylic acids is 1. The molecule has 2 aromatic carbocycles. The molecule has 0 radical (unpaired) electrons. The molecular weight excluding hydrogens is 370 g/mol. The molecule has 6 nitrogen and oxygen atoms in total. The minimum Gasteiger partial charge on any atom is -0.473 e. The lowest BCUT2D eigenvalue weighted by molar-refractivity contribution is 0.0601. The first kappa shape index (κ1) is 17.8. The van der Waals surface area contributed by atoms with Gasteiger partial charge in [0.25, 0.3) is 0 Å². The summed E-state index contributed by atoms with van der Waals surface area (Å²) in [7, 11) is 1.36. The second kappa shape index (κ2) is 6.95. The molecule has 3 aromatic rings. The maximum atomic E-state index is 12.6. The van der Waals surface area contributed by atoms with Crippen LogP contribution in [-0.4, -0.2) is 19.8 Å². The summed E-state index contributed by atoms with van der Waals surface area (Å²) in [5.41, 5.74) is 4.67. The van der Waals surface area contributed by atoms with Crippen molar-refractivity contribution in [1.82, 2.24) is 0 Å². The number of hydrogen-bond acceptors (Lipinski definition) is 6. The molecule has 0 atom stereocenters. The van der Waals surface area contributed by atoms with Crippen LogP contribution in [0.5, 0.6) is 5.75 Å². The highest BCUT2D eigenvalue weighted by atomic mass is 16.5. The summed E-state index contributed by atoms with van der Waals surface area (Å²) in [6.45, 7) is 0.942. The molecule has 1 aromatic heterocycles. The van der Waals surface area contributed by atoms with Gasteiger partial charge in [0.1, 0.15) is 11.3 Å². The molecule has 148 valence electrons. The van der Waals surface area contributed by atoms with E-state index in [-0.39, 0.29) is 11.6 Å². The minimum atomic E-state index is -0.366. The van der Waals surface area contributed by atoms with Gasteiger partial charge in [-0.25, -0.2) is 9.59 Å². The Morgan fingerprint density at radius 1 is 1.00 bits per heavy atom. The van der Waals surface area contributed by atoms with Gasteiger partial charge in [-0.1, -0.05) is 0 Å². The Morgan fingerprint density at radius 2 is 1.76 bits per heavy atom. The van der Waals surface area contributed by atoms with E-state index < -0.39 is 0 Å². The van der Waals surface area contributed by atoms with E-state index in [9.17, 15) is 9.59 Å². The van der Waals surface area contributed by atoms with Crippen molar-refractivity contribution < 1.29 is 18.7 Å². The number of methoxy groups -OCH3 is 1. The Balaban J connectivity index is 1.55. The van der Waals surface area contributed by atoms with Gasteiger partial charge in [0, 0.05) is 16.6 Å². The molecule has 0 fully saturated rings. The van der Waals surface area contributed by atoms with Crippen LogP contribution in [-0.2, 0) is 24.1 Å². The summed E-state index contributed by atoms with van der Waals surface area (Å²) >= 11 is 0. The van der Waals surface area contributed by atoms with Gasteiger partial charge < -0.3 is 18.8 Å². The predicted octanol–water partition coefficient (Wildman–Crippen LogP) is 3.81. The maximum absolute atomic E-state index is 12.6. The standard InChI is InChI=1S/C23H21NO5/c1-27-22(25)14-6-8-15(9-7-14)24-12-19-20(28-13-24)11-10-17-16-4-2-3-5-18(16)23(26)29-21(17)19/h6-11H,2-5,12-13H2,1H3. The van der Waals surface area contributed by atoms with Gasteiger partial charge >= 0.3 is 11.6 Å². The smallest absolute Gasteiger partial charge is 0.339 e. The summed E-state index contributed by atoms with van der Waals surface area (Å²) in [4.78, 5) is 26.3. The fourth-order valence-corrected chi connectivity index (χ4v) is 4.31. The number of nitrogens with zero attached hydrogens (tertiary/aromatic N) is 1. The Hall–Kier alpha value is -3.28. The van der Waals surface area contributed by atoms with E-state index in [0.29, 0.717) is 24.4 Å². The molecule has 0 amide bonds. The summed E-state index contributed by atoms with van der Waals surface area (Å²) < 4.78 is 16.5. The van der Waals surface area contributed by atoms with E-state index in [1.165, 1.54) is 7.11 Å². The molecule has 5 rings (SSSR count). The predicted molar refractivity (Wildman–Crippen MR) is 109 cm³/mol. The van der Waals surface area contributed by atoms with E-state index >= 15 is 0 Å².